The van der Waals surface area contributed by atoms with Crippen LogP contribution in [-0.2, 0) is 0 Å². The summed E-state index contributed by atoms with van der Waals surface area (Å²) in [5.41, 5.74) is 0.763. The molecule has 1 heterocycles. The molecule has 7 heteroatoms. The first kappa shape index (κ1) is 13.7. The molecule has 0 bridgehead atoms. The molecule has 1 N–H and O–H groups in total. The number of benzene rings is 1. The fourth-order valence-corrected chi connectivity index (χ4v) is 1.77. The third-order valence-corrected chi connectivity index (χ3v) is 2.94. The van der Waals surface area contributed by atoms with E-state index in [0.29, 0.717) is 11.3 Å². The maximum atomic E-state index is 13.4. The highest BCUT2D eigenvalue weighted by Crippen LogP contribution is 2.21. The van der Waals surface area contributed by atoms with Gasteiger partial charge in [0, 0.05) is 11.3 Å². The summed E-state index contributed by atoms with van der Waals surface area (Å²) in [6.07, 6.45) is 0. The standard InChI is InChI=1S/C12H8Cl2FN3O/c1-6-8(15)3-2-4-9(6)16-12(19)7-5-10(13)17-18-11(7)14/h2-5H,1H3,(H,16,19). The summed E-state index contributed by atoms with van der Waals surface area (Å²) in [4.78, 5) is 12.0. The van der Waals surface area contributed by atoms with E-state index in [9.17, 15) is 9.18 Å². The number of amides is 1. The second-order valence-electron chi connectivity index (χ2n) is 3.74. The Kier molecular flexibility index (Phi) is 3.97. The second kappa shape index (κ2) is 5.50. The van der Waals surface area contributed by atoms with E-state index in [1.807, 2.05) is 0 Å². The average Bonchev–Trinajstić information content (AvgIpc) is 2.38. The molecule has 0 fully saturated rings. The maximum absolute atomic E-state index is 13.4. The third kappa shape index (κ3) is 3.00. The van der Waals surface area contributed by atoms with Gasteiger partial charge in [0.2, 0.25) is 0 Å². The summed E-state index contributed by atoms with van der Waals surface area (Å²) in [6.45, 7) is 1.56. The predicted molar refractivity (Wildman–Crippen MR) is 71.1 cm³/mol. The summed E-state index contributed by atoms with van der Waals surface area (Å²) >= 11 is 11.4. The minimum Gasteiger partial charge on any atom is -0.322 e. The molecule has 98 valence electrons. The van der Waals surface area contributed by atoms with Crippen molar-refractivity contribution in [1.29, 1.82) is 0 Å². The zero-order valence-electron chi connectivity index (χ0n) is 9.75. The highest BCUT2D eigenvalue weighted by molar-refractivity contribution is 6.34. The first-order valence-electron chi connectivity index (χ1n) is 5.24. The number of hydrogen-bond acceptors (Lipinski definition) is 3. The van der Waals surface area contributed by atoms with Crippen molar-refractivity contribution in [1.82, 2.24) is 10.2 Å². The van der Waals surface area contributed by atoms with Gasteiger partial charge in [-0.3, -0.25) is 4.79 Å². The molecule has 0 saturated heterocycles. The van der Waals surface area contributed by atoms with Crippen molar-refractivity contribution in [3.05, 3.63) is 51.5 Å². The van der Waals surface area contributed by atoms with Crippen molar-refractivity contribution in [2.75, 3.05) is 5.32 Å². The van der Waals surface area contributed by atoms with E-state index >= 15 is 0 Å². The molecule has 0 radical (unpaired) electrons. The molecule has 1 aromatic carbocycles. The van der Waals surface area contributed by atoms with Crippen molar-refractivity contribution in [2.24, 2.45) is 0 Å². The molecule has 19 heavy (non-hydrogen) atoms. The normalized spacial score (nSPS) is 10.3. The smallest absolute Gasteiger partial charge is 0.258 e. The van der Waals surface area contributed by atoms with E-state index in [4.69, 9.17) is 23.2 Å². The van der Waals surface area contributed by atoms with E-state index in [-0.39, 0.29) is 15.9 Å². The average molecular weight is 300 g/mol. The van der Waals surface area contributed by atoms with Crippen LogP contribution in [0, 0.1) is 12.7 Å². The monoisotopic (exact) mass is 299 g/mol. The van der Waals surface area contributed by atoms with E-state index in [0.717, 1.165) is 0 Å². The lowest BCUT2D eigenvalue weighted by Crippen LogP contribution is -2.14. The second-order valence-corrected chi connectivity index (χ2v) is 4.48. The van der Waals surface area contributed by atoms with Gasteiger partial charge < -0.3 is 5.32 Å². The molecule has 0 aliphatic rings. The van der Waals surface area contributed by atoms with Gasteiger partial charge >= 0.3 is 0 Å². The van der Waals surface area contributed by atoms with Gasteiger partial charge in [-0.15, -0.1) is 10.2 Å². The fourth-order valence-electron chi connectivity index (χ4n) is 1.44. The molecule has 1 aromatic heterocycles. The van der Waals surface area contributed by atoms with Gasteiger partial charge in [-0.2, -0.15) is 0 Å². The Bertz CT molecular complexity index is 649. The number of hydrogen-bond donors (Lipinski definition) is 1. The largest absolute Gasteiger partial charge is 0.322 e. The highest BCUT2D eigenvalue weighted by atomic mass is 35.5. The minimum absolute atomic E-state index is 0.0468. The van der Waals surface area contributed by atoms with E-state index in [1.54, 1.807) is 13.0 Å². The van der Waals surface area contributed by atoms with Gasteiger partial charge in [0.05, 0.1) is 5.56 Å². The SMILES string of the molecule is Cc1c(F)cccc1NC(=O)c1cc(Cl)nnc1Cl. The Morgan fingerprint density at radius 3 is 2.79 bits per heavy atom. The van der Waals surface area contributed by atoms with Crippen LogP contribution in [0.15, 0.2) is 24.3 Å². The molecule has 4 nitrogen and oxygen atoms in total. The van der Waals surface area contributed by atoms with Crippen molar-refractivity contribution in [3.8, 4) is 0 Å². The van der Waals surface area contributed by atoms with Crippen molar-refractivity contribution >= 4 is 34.8 Å². The lowest BCUT2D eigenvalue weighted by molar-refractivity contribution is 0.102. The van der Waals surface area contributed by atoms with Gasteiger partial charge in [-0.1, -0.05) is 29.3 Å². The van der Waals surface area contributed by atoms with Gasteiger partial charge in [0.15, 0.2) is 10.3 Å². The molecule has 0 atom stereocenters. The van der Waals surface area contributed by atoms with Crippen LogP contribution in [0.3, 0.4) is 0 Å². The quantitative estimate of drug-likeness (QED) is 0.923. The Morgan fingerprint density at radius 2 is 2.05 bits per heavy atom. The van der Waals surface area contributed by atoms with Gasteiger partial charge in [0.1, 0.15) is 5.82 Å². The van der Waals surface area contributed by atoms with Crippen LogP contribution in [-0.4, -0.2) is 16.1 Å². The molecule has 0 aliphatic carbocycles. The van der Waals surface area contributed by atoms with Crippen LogP contribution in [0.1, 0.15) is 15.9 Å². The first-order valence-corrected chi connectivity index (χ1v) is 6.00. The Balaban J connectivity index is 2.31. The molecular formula is C12H8Cl2FN3O. The molecule has 0 aliphatic heterocycles. The van der Waals surface area contributed by atoms with Crippen LogP contribution in [0.25, 0.3) is 0 Å². The summed E-state index contributed by atoms with van der Waals surface area (Å²) < 4.78 is 13.4. The van der Waals surface area contributed by atoms with E-state index in [1.165, 1.54) is 18.2 Å². The first-order chi connectivity index (χ1) is 8.99. The fraction of sp³-hybridized carbons (Fsp3) is 0.0833. The third-order valence-electron chi connectivity index (χ3n) is 2.48. The molecular weight excluding hydrogens is 292 g/mol. The Morgan fingerprint density at radius 1 is 1.32 bits per heavy atom. The molecule has 0 spiro atoms. The summed E-state index contributed by atoms with van der Waals surface area (Å²) in [5.74, 6) is -0.940. The van der Waals surface area contributed by atoms with E-state index in [2.05, 4.69) is 15.5 Å². The zero-order chi connectivity index (χ0) is 14.0. The Hall–Kier alpha value is -1.72. The number of aromatic nitrogens is 2. The number of nitrogens with zero attached hydrogens (tertiary/aromatic N) is 2. The molecule has 0 saturated carbocycles. The highest BCUT2D eigenvalue weighted by Gasteiger charge is 2.15. The predicted octanol–water partition coefficient (Wildman–Crippen LogP) is 3.48. The molecule has 1 amide bonds. The van der Waals surface area contributed by atoms with Gasteiger partial charge in [0.25, 0.3) is 5.91 Å². The van der Waals surface area contributed by atoms with Gasteiger partial charge in [-0.25, -0.2) is 4.39 Å². The summed E-state index contributed by atoms with van der Waals surface area (Å²) in [6, 6.07) is 5.68. The topological polar surface area (TPSA) is 54.9 Å². The number of nitrogens with one attached hydrogen (secondary N) is 1. The van der Waals surface area contributed by atoms with Crippen LogP contribution >= 0.6 is 23.2 Å². The molecule has 2 aromatic rings. The number of rotatable bonds is 2. The number of carbonyl (C=O) groups excluding carboxylic acids is 1. The number of carbonyl (C=O) groups is 1. The van der Waals surface area contributed by atoms with Crippen molar-refractivity contribution in [2.45, 2.75) is 6.92 Å². The Labute approximate surface area is 118 Å². The number of halogens is 3. The summed E-state index contributed by atoms with van der Waals surface area (Å²) in [7, 11) is 0. The van der Waals surface area contributed by atoms with Crippen LogP contribution < -0.4 is 5.32 Å². The molecule has 2 rings (SSSR count). The minimum atomic E-state index is -0.532. The van der Waals surface area contributed by atoms with Crippen LogP contribution in [0.2, 0.25) is 10.3 Å². The number of anilines is 1. The van der Waals surface area contributed by atoms with Crippen molar-refractivity contribution in [3.63, 3.8) is 0 Å². The van der Waals surface area contributed by atoms with Crippen LogP contribution in [0.5, 0.6) is 0 Å². The maximum Gasteiger partial charge on any atom is 0.258 e. The van der Waals surface area contributed by atoms with Gasteiger partial charge in [-0.05, 0) is 25.1 Å². The van der Waals surface area contributed by atoms with E-state index < -0.39 is 11.7 Å². The van der Waals surface area contributed by atoms with Crippen molar-refractivity contribution < 1.29 is 9.18 Å². The zero-order valence-corrected chi connectivity index (χ0v) is 11.3. The molecule has 0 unspecified atom stereocenters. The lowest BCUT2D eigenvalue weighted by Gasteiger charge is -2.09. The van der Waals surface area contributed by atoms with Crippen LogP contribution in [0.4, 0.5) is 10.1 Å². The summed E-state index contributed by atoms with van der Waals surface area (Å²) in [5, 5.41) is 9.55. The lowest BCUT2D eigenvalue weighted by atomic mass is 10.2.